The summed E-state index contributed by atoms with van der Waals surface area (Å²) in [7, 11) is -4.16. The first-order chi connectivity index (χ1) is 21.4. The first kappa shape index (κ1) is 32.3. The summed E-state index contributed by atoms with van der Waals surface area (Å²) in [4.78, 5) is 0. The third kappa shape index (κ3) is 5.71. The number of hydrogen-bond acceptors (Lipinski definition) is 10. The minimum atomic E-state index is -4.16. The van der Waals surface area contributed by atoms with Gasteiger partial charge in [0.2, 0.25) is 0 Å². The van der Waals surface area contributed by atoms with Crippen LogP contribution in [0.5, 0.6) is 0 Å². The van der Waals surface area contributed by atoms with Crippen molar-refractivity contribution in [2.24, 2.45) is 47.3 Å². The zero-order valence-electron chi connectivity index (χ0n) is 26.1. The fourth-order valence-electron chi connectivity index (χ4n) is 12.3. The summed E-state index contributed by atoms with van der Waals surface area (Å²) in [5.41, 5.74) is 0. The molecule has 13 heteroatoms. The van der Waals surface area contributed by atoms with Gasteiger partial charge in [-0.1, -0.05) is 44.9 Å². The molecule has 0 aromatic carbocycles. The summed E-state index contributed by atoms with van der Waals surface area (Å²) >= 11 is 0. The van der Waals surface area contributed by atoms with Crippen LogP contribution in [0.4, 0.5) is 0 Å². The molecule has 9 fully saturated rings. The zero-order valence-corrected chi connectivity index (χ0v) is 26.9. The van der Waals surface area contributed by atoms with Crippen molar-refractivity contribution in [1.82, 2.24) is 42.5 Å². The van der Waals surface area contributed by atoms with Crippen molar-refractivity contribution in [2.75, 3.05) is 0 Å². The molecular weight excluding hydrogens is 603 g/mol. The number of nitrogens with one attached hydrogen (secondary N) is 8. The highest BCUT2D eigenvalue weighted by Crippen LogP contribution is 2.46. The van der Waals surface area contributed by atoms with E-state index in [1.807, 2.05) is 0 Å². The Kier molecular flexibility index (Phi) is 9.18. The number of rotatable bonds is 1. The summed E-state index contributed by atoms with van der Waals surface area (Å²) in [5, 5.41) is 31.8. The lowest BCUT2D eigenvalue weighted by Crippen LogP contribution is -2.62. The van der Waals surface area contributed by atoms with E-state index >= 15 is 0 Å². The van der Waals surface area contributed by atoms with E-state index in [9.17, 15) is 13.0 Å². The van der Waals surface area contributed by atoms with Crippen LogP contribution in [0, 0.1) is 47.3 Å². The van der Waals surface area contributed by atoms with Crippen LogP contribution in [0.2, 0.25) is 0 Å². The third-order valence-electron chi connectivity index (χ3n) is 14.2. The smallest absolute Gasteiger partial charge is 0.268 e. The Hall–Kier alpha value is 0.122. The topological polar surface area (TPSA) is 151 Å². The zero-order chi connectivity index (χ0) is 29.6. The standard InChI is InChI=1S/C32H56N8O3S.Al.3H/c41-44(42,43)23-15-7-14-22-24(23)32-39-30-21-13-6-5-12-20(21)28(37-30)35-26-17-9-2-1-8-16(17)25(33-26)34-27-18-10-3-4-11-19(18)29(36-27)38-31(22)40-32;;;;/h16-40H,1-15H2,(H,41,42,43);;;;. The van der Waals surface area contributed by atoms with Crippen LogP contribution in [-0.2, 0) is 10.1 Å². The molecule has 5 aliphatic heterocycles. The molecule has 17 atom stereocenters. The maximum absolute atomic E-state index is 12.8. The minimum absolute atomic E-state index is 0. The first-order valence-corrected chi connectivity index (χ1v) is 20.0. The maximum atomic E-state index is 12.8. The molecule has 4 saturated carbocycles. The minimum Gasteiger partial charge on any atom is -0.286 e. The van der Waals surface area contributed by atoms with Gasteiger partial charge in [0.15, 0.2) is 17.4 Å². The lowest BCUT2D eigenvalue weighted by Gasteiger charge is -2.38. The number of fused-ring (bicyclic) bond motifs is 20. The Balaban J connectivity index is 0.00000300. The van der Waals surface area contributed by atoms with Gasteiger partial charge in [-0.3, -0.25) is 47.1 Å². The van der Waals surface area contributed by atoms with Gasteiger partial charge >= 0.3 is 0 Å². The molecule has 45 heavy (non-hydrogen) atoms. The highest BCUT2D eigenvalue weighted by atomic mass is 32.2. The van der Waals surface area contributed by atoms with E-state index in [4.69, 9.17) is 0 Å². The van der Waals surface area contributed by atoms with Gasteiger partial charge in [-0.15, -0.1) is 0 Å². The maximum Gasteiger partial charge on any atom is 0.268 e. The molecule has 0 aromatic heterocycles. The Bertz CT molecular complexity index is 1180. The van der Waals surface area contributed by atoms with Gasteiger partial charge in [0.1, 0.15) is 0 Å². The second-order valence-electron chi connectivity index (χ2n) is 16.2. The van der Waals surface area contributed by atoms with E-state index in [0.29, 0.717) is 54.3 Å². The Morgan fingerprint density at radius 3 is 0.956 bits per heavy atom. The third-order valence-corrected chi connectivity index (χ3v) is 15.5. The highest BCUT2D eigenvalue weighted by molar-refractivity contribution is 7.86. The summed E-state index contributed by atoms with van der Waals surface area (Å²) < 4.78 is 36.1. The fourth-order valence-corrected chi connectivity index (χ4v) is 13.6. The van der Waals surface area contributed by atoms with Gasteiger partial charge in [-0.05, 0) is 92.8 Å². The molecule has 0 radical (unpaired) electrons. The van der Waals surface area contributed by atoms with Gasteiger partial charge in [-0.2, -0.15) is 8.42 Å². The molecule has 0 spiro atoms. The molecule has 5 heterocycles. The molecule has 4 aliphatic carbocycles. The Morgan fingerprint density at radius 1 is 0.378 bits per heavy atom. The fraction of sp³-hybridized carbons (Fsp3) is 1.00. The van der Waals surface area contributed by atoms with E-state index in [0.717, 1.165) is 12.8 Å². The summed E-state index contributed by atoms with van der Waals surface area (Å²) in [6, 6.07) is 0. The van der Waals surface area contributed by atoms with Crippen LogP contribution in [0.3, 0.4) is 0 Å². The van der Waals surface area contributed by atoms with Gasteiger partial charge in [-0.25, -0.2) is 0 Å². The van der Waals surface area contributed by atoms with Gasteiger partial charge in [0, 0.05) is 5.92 Å². The van der Waals surface area contributed by atoms with E-state index < -0.39 is 15.4 Å². The van der Waals surface area contributed by atoms with E-state index in [-0.39, 0.29) is 66.2 Å². The average Bonchev–Trinajstić information content (AvgIpc) is 3.76. The Morgan fingerprint density at radius 2 is 0.644 bits per heavy atom. The van der Waals surface area contributed by atoms with Crippen molar-refractivity contribution in [1.29, 1.82) is 0 Å². The second-order valence-corrected chi connectivity index (χ2v) is 17.9. The van der Waals surface area contributed by atoms with Crippen molar-refractivity contribution in [3.63, 3.8) is 0 Å². The van der Waals surface area contributed by atoms with Gasteiger partial charge in [0.25, 0.3) is 10.1 Å². The summed E-state index contributed by atoms with van der Waals surface area (Å²) in [5.74, 6) is 3.50. The van der Waals surface area contributed by atoms with Crippen LogP contribution in [-0.4, -0.2) is 84.9 Å². The number of hydrogen-bond donors (Lipinski definition) is 9. The van der Waals surface area contributed by atoms with Gasteiger partial charge < -0.3 is 0 Å². The van der Waals surface area contributed by atoms with Crippen molar-refractivity contribution < 1.29 is 13.0 Å². The SMILES string of the molecule is O=S(=O)(O)C1CCCC2C3NC4NC(NC5NC(NC6NC(NC(N3)C21)C1CCCCC61)C1CCCCC51)C1CCCCC41.[AlH3]. The van der Waals surface area contributed by atoms with Crippen molar-refractivity contribution in [3.8, 4) is 0 Å². The summed E-state index contributed by atoms with van der Waals surface area (Å²) in [6.45, 7) is 0. The molecule has 9 rings (SSSR count). The van der Waals surface area contributed by atoms with Crippen molar-refractivity contribution >= 4 is 27.5 Å². The van der Waals surface area contributed by atoms with Crippen LogP contribution in [0.25, 0.3) is 0 Å². The molecule has 17 unspecified atom stereocenters. The lowest BCUT2D eigenvalue weighted by molar-refractivity contribution is 0.167. The molecule has 0 amide bonds. The Labute approximate surface area is 280 Å². The van der Waals surface area contributed by atoms with Crippen LogP contribution in [0.15, 0.2) is 0 Å². The molecule has 9 N–H and O–H groups in total. The van der Waals surface area contributed by atoms with Crippen LogP contribution in [0.1, 0.15) is 96.3 Å². The van der Waals surface area contributed by atoms with Crippen LogP contribution < -0.4 is 42.5 Å². The average molecular weight is 663 g/mol. The monoisotopic (exact) mass is 662 g/mol. The molecule has 11 nitrogen and oxygen atoms in total. The molecule has 8 bridgehead atoms. The molecule has 254 valence electrons. The van der Waals surface area contributed by atoms with Gasteiger partial charge in [0.05, 0.1) is 54.6 Å². The van der Waals surface area contributed by atoms with E-state index in [1.54, 1.807) is 0 Å². The van der Waals surface area contributed by atoms with E-state index in [1.165, 1.54) is 77.0 Å². The first-order valence-electron chi connectivity index (χ1n) is 18.5. The van der Waals surface area contributed by atoms with Crippen LogP contribution >= 0.6 is 0 Å². The highest BCUT2D eigenvalue weighted by Gasteiger charge is 2.57. The molecule has 9 aliphatic rings. The quantitative estimate of drug-likeness (QED) is 0.141. The predicted molar refractivity (Wildman–Crippen MR) is 178 cm³/mol. The molecule has 0 aromatic rings. The second kappa shape index (κ2) is 12.8. The summed E-state index contributed by atoms with van der Waals surface area (Å²) in [6.07, 6.45) is 18.9. The molecular formula is C32H59AlN8O3S. The largest absolute Gasteiger partial charge is 0.286 e. The van der Waals surface area contributed by atoms with E-state index in [2.05, 4.69) is 42.5 Å². The van der Waals surface area contributed by atoms with Crippen molar-refractivity contribution in [3.05, 3.63) is 0 Å². The lowest BCUT2D eigenvalue weighted by atomic mass is 9.76. The molecule has 5 saturated heterocycles. The van der Waals surface area contributed by atoms with Crippen molar-refractivity contribution in [2.45, 2.75) is 151 Å². The normalized spacial score (nSPS) is 54.3. The predicted octanol–water partition coefficient (Wildman–Crippen LogP) is 0.288.